The maximum atomic E-state index is 11.9. The molecule has 0 bridgehead atoms. The molecule has 0 spiro atoms. The fraction of sp³-hybridized carbons (Fsp3) is 0.267. The van der Waals surface area contributed by atoms with Crippen molar-refractivity contribution in [3.05, 3.63) is 47.1 Å². The lowest BCUT2D eigenvalue weighted by atomic mass is 10.1. The summed E-state index contributed by atoms with van der Waals surface area (Å²) in [5.41, 5.74) is 1.06. The number of hydrogen-bond acceptors (Lipinski definition) is 4. The van der Waals surface area contributed by atoms with Crippen LogP contribution in [0.3, 0.4) is 0 Å². The molecule has 0 fully saturated rings. The fourth-order valence-electron chi connectivity index (χ4n) is 1.84. The highest BCUT2D eigenvalue weighted by atomic mass is 16.5. The molecule has 0 aliphatic carbocycles. The van der Waals surface area contributed by atoms with E-state index < -0.39 is 5.97 Å². The average molecular weight is 288 g/mol. The fourth-order valence-corrected chi connectivity index (χ4v) is 1.84. The Morgan fingerprint density at radius 2 is 2.14 bits per heavy atom. The maximum Gasteiger partial charge on any atom is 0.323 e. The van der Waals surface area contributed by atoms with Gasteiger partial charge in [0.25, 0.3) is 5.56 Å². The van der Waals surface area contributed by atoms with Crippen molar-refractivity contribution in [2.75, 3.05) is 6.61 Å². The molecule has 0 saturated carbocycles. The van der Waals surface area contributed by atoms with Gasteiger partial charge >= 0.3 is 5.97 Å². The molecule has 1 N–H and O–H groups in total. The highest BCUT2D eigenvalue weighted by Crippen LogP contribution is 2.21. The standard InChI is InChI=1S/C15H16N2O4/c1-2-5-21-13-6-12(8-16-9-13)11-3-4-17(10-15(19)20)14(18)7-11/h3-4,6-9H,2,5,10H2,1H3,(H,19,20). The van der Waals surface area contributed by atoms with Crippen LogP contribution < -0.4 is 10.3 Å². The number of carbonyl (C=O) groups is 1. The van der Waals surface area contributed by atoms with E-state index in [2.05, 4.69) is 4.98 Å². The Morgan fingerprint density at radius 1 is 1.33 bits per heavy atom. The first kappa shape index (κ1) is 14.8. The van der Waals surface area contributed by atoms with Crippen molar-refractivity contribution >= 4 is 5.97 Å². The molecule has 2 heterocycles. The molecule has 0 aliphatic heterocycles. The summed E-state index contributed by atoms with van der Waals surface area (Å²) in [5, 5.41) is 8.71. The lowest BCUT2D eigenvalue weighted by molar-refractivity contribution is -0.137. The van der Waals surface area contributed by atoms with Crippen LogP contribution in [0.15, 0.2) is 41.6 Å². The zero-order chi connectivity index (χ0) is 15.2. The van der Waals surface area contributed by atoms with Gasteiger partial charge in [-0.05, 0) is 24.1 Å². The molecule has 6 nitrogen and oxygen atoms in total. The summed E-state index contributed by atoms with van der Waals surface area (Å²) in [6.07, 6.45) is 5.61. The van der Waals surface area contributed by atoms with Gasteiger partial charge in [-0.15, -0.1) is 0 Å². The second kappa shape index (κ2) is 6.69. The Labute approximate surface area is 121 Å². The molecule has 2 aromatic heterocycles. The Balaban J connectivity index is 2.28. The summed E-state index contributed by atoms with van der Waals surface area (Å²) in [4.78, 5) is 26.6. The Kier molecular flexibility index (Phi) is 4.71. The SMILES string of the molecule is CCCOc1cncc(-c2ccn(CC(=O)O)c(=O)c2)c1. The van der Waals surface area contributed by atoms with Crippen molar-refractivity contribution in [2.45, 2.75) is 19.9 Å². The van der Waals surface area contributed by atoms with Gasteiger partial charge in [0.05, 0.1) is 12.8 Å². The van der Waals surface area contributed by atoms with Gasteiger partial charge in [0.1, 0.15) is 12.3 Å². The minimum atomic E-state index is -1.05. The Hall–Kier alpha value is -2.63. The highest BCUT2D eigenvalue weighted by molar-refractivity contribution is 5.67. The van der Waals surface area contributed by atoms with Crippen molar-refractivity contribution < 1.29 is 14.6 Å². The van der Waals surface area contributed by atoms with Crippen LogP contribution in [0.4, 0.5) is 0 Å². The van der Waals surface area contributed by atoms with Gasteiger partial charge in [-0.2, -0.15) is 0 Å². The van der Waals surface area contributed by atoms with Crippen molar-refractivity contribution in [1.82, 2.24) is 9.55 Å². The van der Waals surface area contributed by atoms with Gasteiger partial charge in [0.2, 0.25) is 0 Å². The van der Waals surface area contributed by atoms with Crippen LogP contribution in [0.25, 0.3) is 11.1 Å². The Bertz CT molecular complexity index is 694. The van der Waals surface area contributed by atoms with Crippen molar-refractivity contribution in [1.29, 1.82) is 0 Å². The number of pyridine rings is 2. The molecule has 0 aliphatic rings. The quantitative estimate of drug-likeness (QED) is 0.876. The number of aromatic nitrogens is 2. The lowest BCUT2D eigenvalue weighted by Crippen LogP contribution is -2.22. The monoisotopic (exact) mass is 288 g/mol. The molecule has 0 aromatic carbocycles. The third-order valence-electron chi connectivity index (χ3n) is 2.82. The number of carboxylic acids is 1. The molecule has 2 rings (SSSR count). The lowest BCUT2D eigenvalue weighted by Gasteiger charge is -2.07. The van der Waals surface area contributed by atoms with Crippen LogP contribution in [0.2, 0.25) is 0 Å². The summed E-state index contributed by atoms with van der Waals surface area (Å²) in [5.74, 6) is -0.412. The second-order valence-electron chi connectivity index (χ2n) is 4.53. The minimum Gasteiger partial charge on any atom is -0.492 e. The van der Waals surface area contributed by atoms with Crippen LogP contribution in [-0.4, -0.2) is 27.2 Å². The maximum absolute atomic E-state index is 11.9. The van der Waals surface area contributed by atoms with Crippen LogP contribution in [0.1, 0.15) is 13.3 Å². The largest absolute Gasteiger partial charge is 0.492 e. The molecule has 0 amide bonds. The molecule has 21 heavy (non-hydrogen) atoms. The number of hydrogen-bond donors (Lipinski definition) is 1. The Morgan fingerprint density at radius 3 is 2.81 bits per heavy atom. The van der Waals surface area contributed by atoms with Crippen molar-refractivity contribution in [2.24, 2.45) is 0 Å². The zero-order valence-electron chi connectivity index (χ0n) is 11.7. The van der Waals surface area contributed by atoms with E-state index in [1.165, 1.54) is 12.3 Å². The molecule has 0 atom stereocenters. The molecule has 0 radical (unpaired) electrons. The van der Waals surface area contributed by atoms with E-state index in [9.17, 15) is 9.59 Å². The van der Waals surface area contributed by atoms with Gasteiger partial charge < -0.3 is 14.4 Å². The van der Waals surface area contributed by atoms with Gasteiger partial charge in [0, 0.05) is 24.0 Å². The topological polar surface area (TPSA) is 81.4 Å². The normalized spacial score (nSPS) is 10.3. The summed E-state index contributed by atoms with van der Waals surface area (Å²) < 4.78 is 6.64. The van der Waals surface area contributed by atoms with Crippen molar-refractivity contribution in [3.8, 4) is 16.9 Å². The molecular weight excluding hydrogens is 272 g/mol. The molecule has 2 aromatic rings. The number of nitrogens with zero attached hydrogens (tertiary/aromatic N) is 2. The van der Waals surface area contributed by atoms with E-state index in [-0.39, 0.29) is 12.1 Å². The van der Waals surface area contributed by atoms with Gasteiger partial charge in [-0.25, -0.2) is 0 Å². The third kappa shape index (κ3) is 3.92. The smallest absolute Gasteiger partial charge is 0.323 e. The number of rotatable bonds is 6. The summed E-state index contributed by atoms with van der Waals surface area (Å²) in [6, 6.07) is 4.88. The van der Waals surface area contributed by atoms with E-state index in [0.29, 0.717) is 17.9 Å². The molecular formula is C15H16N2O4. The zero-order valence-corrected chi connectivity index (χ0v) is 11.7. The number of ether oxygens (including phenoxy) is 1. The predicted molar refractivity (Wildman–Crippen MR) is 77.4 cm³/mol. The van der Waals surface area contributed by atoms with Crippen LogP contribution >= 0.6 is 0 Å². The number of aliphatic carboxylic acids is 1. The van der Waals surface area contributed by atoms with Crippen LogP contribution in [0, 0.1) is 0 Å². The summed E-state index contributed by atoms with van der Waals surface area (Å²) in [7, 11) is 0. The molecule has 6 heteroatoms. The predicted octanol–water partition coefficient (Wildman–Crippen LogP) is 1.78. The van der Waals surface area contributed by atoms with Crippen LogP contribution in [-0.2, 0) is 11.3 Å². The summed E-state index contributed by atoms with van der Waals surface area (Å²) in [6.45, 7) is 2.27. The first-order chi connectivity index (χ1) is 10.1. The van der Waals surface area contributed by atoms with Gasteiger partial charge in [-0.1, -0.05) is 6.92 Å². The van der Waals surface area contributed by atoms with Crippen LogP contribution in [0.5, 0.6) is 5.75 Å². The average Bonchev–Trinajstić information content (AvgIpc) is 2.47. The minimum absolute atomic E-state index is 0.350. The first-order valence-corrected chi connectivity index (χ1v) is 6.60. The molecule has 110 valence electrons. The van der Waals surface area contributed by atoms with E-state index in [4.69, 9.17) is 9.84 Å². The summed E-state index contributed by atoms with van der Waals surface area (Å²) >= 11 is 0. The third-order valence-corrected chi connectivity index (χ3v) is 2.82. The van der Waals surface area contributed by atoms with E-state index in [1.807, 2.05) is 6.92 Å². The van der Waals surface area contributed by atoms with Crippen molar-refractivity contribution in [3.63, 3.8) is 0 Å². The number of carboxylic acid groups (broad SMARTS) is 1. The molecule has 0 saturated heterocycles. The van der Waals surface area contributed by atoms with E-state index >= 15 is 0 Å². The highest BCUT2D eigenvalue weighted by Gasteiger charge is 2.06. The van der Waals surface area contributed by atoms with Gasteiger partial charge in [-0.3, -0.25) is 14.6 Å². The molecule has 0 unspecified atom stereocenters. The van der Waals surface area contributed by atoms with Gasteiger partial charge in [0.15, 0.2) is 0 Å². The van der Waals surface area contributed by atoms with E-state index in [0.717, 1.165) is 16.6 Å². The second-order valence-corrected chi connectivity index (χ2v) is 4.53. The van der Waals surface area contributed by atoms with E-state index in [1.54, 1.807) is 24.5 Å². The first-order valence-electron chi connectivity index (χ1n) is 6.60.